The number of nitrogens with zero attached hydrogens (tertiary/aromatic N) is 3. The number of halogens is 3. The number of amides is 2. The van der Waals surface area contributed by atoms with Gasteiger partial charge in [0, 0.05) is 37.1 Å². The molecule has 0 spiro atoms. The van der Waals surface area contributed by atoms with Crippen molar-refractivity contribution >= 4 is 11.8 Å². The molecule has 0 aliphatic heterocycles. The number of hydrogen-bond acceptors (Lipinski definition) is 3. The van der Waals surface area contributed by atoms with Crippen molar-refractivity contribution in [3.05, 3.63) is 89.2 Å². The van der Waals surface area contributed by atoms with Crippen LogP contribution in [0.3, 0.4) is 0 Å². The average Bonchev–Trinajstić information content (AvgIpc) is 3.36. The van der Waals surface area contributed by atoms with Crippen LogP contribution in [0.15, 0.2) is 66.9 Å². The first-order valence-corrected chi connectivity index (χ1v) is 13.2. The van der Waals surface area contributed by atoms with Crippen LogP contribution in [0.5, 0.6) is 5.75 Å². The molecule has 0 saturated heterocycles. The number of hydrogen-bond donors (Lipinski definition) is 0. The lowest BCUT2D eigenvalue weighted by Gasteiger charge is -2.28. The van der Waals surface area contributed by atoms with Crippen molar-refractivity contribution < 1.29 is 27.5 Å². The Morgan fingerprint density at radius 3 is 2.41 bits per heavy atom. The molecule has 9 heteroatoms. The number of methoxy groups -OCH3 is 1. The third-order valence-corrected chi connectivity index (χ3v) is 6.58. The highest BCUT2D eigenvalue weighted by atomic mass is 19.4. The molecule has 2 aromatic carbocycles. The molecule has 3 rings (SSSR count). The lowest BCUT2D eigenvalue weighted by Crippen LogP contribution is -2.43. The van der Waals surface area contributed by atoms with E-state index >= 15 is 0 Å². The van der Waals surface area contributed by atoms with Crippen LogP contribution in [-0.4, -0.2) is 52.9 Å². The van der Waals surface area contributed by atoms with E-state index in [1.54, 1.807) is 41.4 Å². The summed E-state index contributed by atoms with van der Waals surface area (Å²) < 4.78 is 46.6. The van der Waals surface area contributed by atoms with Crippen LogP contribution < -0.4 is 4.74 Å². The third-order valence-electron chi connectivity index (χ3n) is 6.58. The summed E-state index contributed by atoms with van der Waals surface area (Å²) in [6.45, 7) is 5.25. The SMILES string of the molecule is CCCCCN(Cc1cccn1Cc1cccc(C(F)(F)F)c1)C(=O)CN(CC)C(=O)c1cccc(OC)c1. The zero-order valence-corrected chi connectivity index (χ0v) is 22.7. The Bertz CT molecular complexity index is 1240. The molecule has 3 aromatic rings. The Labute approximate surface area is 228 Å². The predicted molar refractivity (Wildman–Crippen MR) is 144 cm³/mol. The second kappa shape index (κ2) is 13.9. The van der Waals surface area contributed by atoms with E-state index < -0.39 is 11.7 Å². The van der Waals surface area contributed by atoms with Gasteiger partial charge in [-0.25, -0.2) is 0 Å². The molecule has 39 heavy (non-hydrogen) atoms. The van der Waals surface area contributed by atoms with Gasteiger partial charge in [0.1, 0.15) is 12.3 Å². The first-order valence-electron chi connectivity index (χ1n) is 13.2. The summed E-state index contributed by atoms with van der Waals surface area (Å²) in [5.74, 6) is 0.119. The summed E-state index contributed by atoms with van der Waals surface area (Å²) in [6.07, 6.45) is 0.144. The highest BCUT2D eigenvalue weighted by Crippen LogP contribution is 2.29. The second-order valence-electron chi connectivity index (χ2n) is 9.40. The molecule has 0 N–H and O–H groups in total. The van der Waals surface area contributed by atoms with Crippen LogP contribution in [0.4, 0.5) is 13.2 Å². The van der Waals surface area contributed by atoms with Gasteiger partial charge < -0.3 is 19.1 Å². The van der Waals surface area contributed by atoms with E-state index in [4.69, 9.17) is 4.74 Å². The van der Waals surface area contributed by atoms with E-state index in [9.17, 15) is 22.8 Å². The number of benzene rings is 2. The molecule has 0 bridgehead atoms. The molecule has 6 nitrogen and oxygen atoms in total. The van der Waals surface area contributed by atoms with E-state index in [1.807, 2.05) is 23.6 Å². The molecule has 0 unspecified atom stereocenters. The van der Waals surface area contributed by atoms with Gasteiger partial charge in [0.15, 0.2) is 0 Å². The van der Waals surface area contributed by atoms with Crippen LogP contribution in [0.2, 0.25) is 0 Å². The molecule has 0 radical (unpaired) electrons. The molecular formula is C30H36F3N3O3. The van der Waals surface area contributed by atoms with Crippen LogP contribution in [0.1, 0.15) is 60.3 Å². The Kier molecular flexibility index (Phi) is 10.6. The van der Waals surface area contributed by atoms with Gasteiger partial charge in [0.2, 0.25) is 5.91 Å². The molecule has 0 saturated carbocycles. The summed E-state index contributed by atoms with van der Waals surface area (Å²) in [7, 11) is 1.53. The summed E-state index contributed by atoms with van der Waals surface area (Å²) in [5.41, 5.74) is 1.08. The first-order chi connectivity index (χ1) is 18.7. The van der Waals surface area contributed by atoms with Gasteiger partial charge in [0.25, 0.3) is 5.91 Å². The molecule has 1 aromatic heterocycles. The fraction of sp³-hybridized carbons (Fsp3) is 0.400. The molecule has 210 valence electrons. The average molecular weight is 544 g/mol. The molecule has 0 aliphatic carbocycles. The second-order valence-corrected chi connectivity index (χ2v) is 9.40. The third kappa shape index (κ3) is 8.37. The van der Waals surface area contributed by atoms with Crippen molar-refractivity contribution in [2.24, 2.45) is 0 Å². The fourth-order valence-electron chi connectivity index (χ4n) is 4.36. The molecule has 0 fully saturated rings. The molecule has 0 atom stereocenters. The normalized spacial score (nSPS) is 11.3. The minimum atomic E-state index is -4.41. The quantitative estimate of drug-likeness (QED) is 0.240. The number of likely N-dealkylation sites (N-methyl/N-ethyl adjacent to an activating group) is 1. The van der Waals surface area contributed by atoms with Crippen molar-refractivity contribution in [3.8, 4) is 5.75 Å². The fourth-order valence-corrected chi connectivity index (χ4v) is 4.36. The van der Waals surface area contributed by atoms with E-state index in [2.05, 4.69) is 6.92 Å². The maximum absolute atomic E-state index is 13.5. The van der Waals surface area contributed by atoms with E-state index in [1.165, 1.54) is 18.1 Å². The summed E-state index contributed by atoms with van der Waals surface area (Å²) in [5, 5.41) is 0. The number of ether oxygens (including phenoxy) is 1. The largest absolute Gasteiger partial charge is 0.497 e. The lowest BCUT2D eigenvalue weighted by molar-refractivity contribution is -0.137. The number of carbonyl (C=O) groups excluding carboxylic acids is 2. The molecular weight excluding hydrogens is 507 g/mol. The van der Waals surface area contributed by atoms with Gasteiger partial charge in [-0.05, 0) is 61.4 Å². The zero-order valence-electron chi connectivity index (χ0n) is 22.7. The van der Waals surface area contributed by atoms with Gasteiger partial charge >= 0.3 is 6.18 Å². The Morgan fingerprint density at radius 1 is 0.949 bits per heavy atom. The molecule has 0 aliphatic rings. The monoisotopic (exact) mass is 543 g/mol. The van der Waals surface area contributed by atoms with Crippen LogP contribution in [0.25, 0.3) is 0 Å². The number of alkyl halides is 3. The standard InChI is InChI=1S/C30H36F3N3O3/c1-4-6-7-16-36(28(37)22-34(5-2)29(38)24-12-9-15-27(19-24)39-3)21-26-14-10-17-35(26)20-23-11-8-13-25(18-23)30(31,32)33/h8-15,17-19H,4-7,16,20-22H2,1-3H3. The van der Waals surface area contributed by atoms with Crippen molar-refractivity contribution in [3.63, 3.8) is 0 Å². The highest BCUT2D eigenvalue weighted by Gasteiger charge is 2.30. The highest BCUT2D eigenvalue weighted by molar-refractivity contribution is 5.96. The lowest BCUT2D eigenvalue weighted by atomic mass is 10.1. The number of rotatable bonds is 13. The number of carbonyl (C=O) groups is 2. The topological polar surface area (TPSA) is 54.8 Å². The van der Waals surface area contributed by atoms with Crippen molar-refractivity contribution in [2.45, 2.75) is 52.4 Å². The summed E-state index contributed by atoms with van der Waals surface area (Å²) in [4.78, 5) is 29.9. The molecule has 2 amide bonds. The minimum absolute atomic E-state index is 0.0764. The summed E-state index contributed by atoms with van der Waals surface area (Å²) >= 11 is 0. The smallest absolute Gasteiger partial charge is 0.416 e. The van der Waals surface area contributed by atoms with Gasteiger partial charge in [-0.1, -0.05) is 38.0 Å². The Hall–Kier alpha value is -3.75. The van der Waals surface area contributed by atoms with Gasteiger partial charge in [0.05, 0.1) is 19.2 Å². The Balaban J connectivity index is 1.76. The van der Waals surface area contributed by atoms with Gasteiger partial charge in [-0.15, -0.1) is 0 Å². The van der Waals surface area contributed by atoms with Gasteiger partial charge in [-0.3, -0.25) is 9.59 Å². The Morgan fingerprint density at radius 2 is 1.72 bits per heavy atom. The van der Waals surface area contributed by atoms with E-state index in [0.29, 0.717) is 36.5 Å². The first kappa shape index (κ1) is 29.8. The number of aromatic nitrogens is 1. The predicted octanol–water partition coefficient (Wildman–Crippen LogP) is 6.24. The zero-order chi connectivity index (χ0) is 28.4. The van der Waals surface area contributed by atoms with Crippen molar-refractivity contribution in [2.75, 3.05) is 26.7 Å². The van der Waals surface area contributed by atoms with E-state index in [-0.39, 0.29) is 24.9 Å². The molecule has 1 heterocycles. The summed E-state index contributed by atoms with van der Waals surface area (Å²) in [6, 6.07) is 15.8. The minimum Gasteiger partial charge on any atom is -0.497 e. The van der Waals surface area contributed by atoms with Crippen molar-refractivity contribution in [1.29, 1.82) is 0 Å². The van der Waals surface area contributed by atoms with Crippen molar-refractivity contribution in [1.82, 2.24) is 14.4 Å². The van der Waals surface area contributed by atoms with E-state index in [0.717, 1.165) is 37.1 Å². The van der Waals surface area contributed by atoms with Crippen LogP contribution in [-0.2, 0) is 24.1 Å². The number of unbranched alkanes of at least 4 members (excludes halogenated alkanes) is 2. The van der Waals surface area contributed by atoms with Crippen LogP contribution >= 0.6 is 0 Å². The van der Waals surface area contributed by atoms with Crippen LogP contribution in [0, 0.1) is 0 Å². The van der Waals surface area contributed by atoms with Gasteiger partial charge in [-0.2, -0.15) is 13.2 Å². The maximum atomic E-state index is 13.5. The maximum Gasteiger partial charge on any atom is 0.416 e.